The Hall–Kier alpha value is -2.06. The van der Waals surface area contributed by atoms with E-state index in [1.165, 1.54) is 23.6 Å². The van der Waals surface area contributed by atoms with Gasteiger partial charge in [0.1, 0.15) is 9.88 Å². The third-order valence-electron chi connectivity index (χ3n) is 2.18. The molecule has 0 atom stereocenters. The van der Waals surface area contributed by atoms with Gasteiger partial charge in [-0.3, -0.25) is 14.9 Å². The van der Waals surface area contributed by atoms with Gasteiger partial charge in [-0.1, -0.05) is 17.4 Å². The van der Waals surface area contributed by atoms with Crippen molar-refractivity contribution in [1.29, 1.82) is 0 Å². The molecular weight excluding hydrogens is 286 g/mol. The fourth-order valence-electron chi connectivity index (χ4n) is 1.28. The molecule has 1 N–H and O–H groups in total. The van der Waals surface area contributed by atoms with Crippen LogP contribution in [-0.2, 0) is 0 Å². The molecule has 1 amide bonds. The summed E-state index contributed by atoms with van der Waals surface area (Å²) >= 11 is 2.33. The molecule has 2 aromatic heterocycles. The van der Waals surface area contributed by atoms with Crippen LogP contribution in [0.4, 0.5) is 5.00 Å². The van der Waals surface area contributed by atoms with Crippen molar-refractivity contribution in [2.75, 3.05) is 7.05 Å². The highest BCUT2D eigenvalue weighted by atomic mass is 32.1. The van der Waals surface area contributed by atoms with Crippen molar-refractivity contribution in [3.8, 4) is 0 Å². The molecule has 0 aromatic carbocycles. The Morgan fingerprint density at radius 2 is 2.32 bits per heavy atom. The molecule has 2 aromatic rings. The quantitative estimate of drug-likeness (QED) is 0.694. The maximum atomic E-state index is 11.3. The predicted octanol–water partition coefficient (Wildman–Crippen LogP) is 2.64. The zero-order chi connectivity index (χ0) is 13.8. The lowest BCUT2D eigenvalue weighted by atomic mass is 10.3. The summed E-state index contributed by atoms with van der Waals surface area (Å²) in [6.45, 7) is 0. The molecule has 0 aliphatic heterocycles. The molecule has 0 aliphatic carbocycles. The Balaban J connectivity index is 2.11. The van der Waals surface area contributed by atoms with E-state index in [4.69, 9.17) is 0 Å². The van der Waals surface area contributed by atoms with E-state index < -0.39 is 4.92 Å². The number of amides is 1. The minimum absolute atomic E-state index is 0.102. The molecule has 0 unspecified atom stereocenters. The maximum Gasteiger partial charge on any atom is 0.324 e. The van der Waals surface area contributed by atoms with Gasteiger partial charge in [0.05, 0.1) is 11.1 Å². The smallest absolute Gasteiger partial charge is 0.324 e. The number of thiophene rings is 1. The molecule has 0 radical (unpaired) electrons. The average Bonchev–Trinajstić information content (AvgIpc) is 3.04. The van der Waals surface area contributed by atoms with Gasteiger partial charge in [-0.05, 0) is 11.6 Å². The Labute approximate surface area is 116 Å². The summed E-state index contributed by atoms with van der Waals surface area (Å²) in [5.41, 5.74) is 0.744. The number of carbonyl (C=O) groups excluding carboxylic acids is 1. The Morgan fingerprint density at radius 3 is 2.95 bits per heavy atom. The zero-order valence-electron chi connectivity index (χ0n) is 9.82. The number of rotatable bonds is 4. The molecule has 2 rings (SSSR count). The minimum Gasteiger partial charge on any atom is -0.354 e. The number of hydrogen-bond acceptors (Lipinski definition) is 6. The standard InChI is InChI=1S/C11H9N3O3S2/c1-12-11(15)8-5-13-9(19-8)3-2-7-4-10(14(16)17)18-6-7/h2-6H,1H3,(H,12,15). The highest BCUT2D eigenvalue weighted by Gasteiger charge is 2.09. The second kappa shape index (κ2) is 5.72. The van der Waals surface area contributed by atoms with Crippen LogP contribution in [0.2, 0.25) is 0 Å². The Morgan fingerprint density at radius 1 is 1.53 bits per heavy atom. The molecule has 2 heterocycles. The third-order valence-corrected chi connectivity index (χ3v) is 4.04. The van der Waals surface area contributed by atoms with E-state index in [0.29, 0.717) is 9.88 Å². The van der Waals surface area contributed by atoms with Gasteiger partial charge in [0, 0.05) is 18.5 Å². The number of carbonyl (C=O) groups is 1. The number of aromatic nitrogens is 1. The molecule has 8 heteroatoms. The van der Waals surface area contributed by atoms with Crippen molar-refractivity contribution in [1.82, 2.24) is 10.3 Å². The van der Waals surface area contributed by atoms with Crippen molar-refractivity contribution in [2.24, 2.45) is 0 Å². The number of nitro groups is 1. The lowest BCUT2D eigenvalue weighted by molar-refractivity contribution is -0.380. The van der Waals surface area contributed by atoms with Crippen molar-refractivity contribution >= 4 is 45.7 Å². The highest BCUT2D eigenvalue weighted by molar-refractivity contribution is 7.14. The van der Waals surface area contributed by atoms with Crippen molar-refractivity contribution in [3.05, 3.63) is 43.2 Å². The van der Waals surface area contributed by atoms with Gasteiger partial charge >= 0.3 is 5.00 Å². The summed E-state index contributed by atoms with van der Waals surface area (Å²) in [5.74, 6) is -0.177. The summed E-state index contributed by atoms with van der Waals surface area (Å²) in [7, 11) is 1.56. The first-order valence-electron chi connectivity index (χ1n) is 5.19. The summed E-state index contributed by atoms with van der Waals surface area (Å²) in [5, 5.41) is 15.5. The van der Waals surface area contributed by atoms with Gasteiger partial charge < -0.3 is 5.32 Å². The largest absolute Gasteiger partial charge is 0.354 e. The molecule has 0 spiro atoms. The van der Waals surface area contributed by atoms with Crippen LogP contribution in [-0.4, -0.2) is 22.9 Å². The zero-order valence-corrected chi connectivity index (χ0v) is 11.5. The molecule has 6 nitrogen and oxygen atoms in total. The fraction of sp³-hybridized carbons (Fsp3) is 0.0909. The molecule has 19 heavy (non-hydrogen) atoms. The lowest BCUT2D eigenvalue weighted by Crippen LogP contribution is -2.16. The van der Waals surface area contributed by atoms with Crippen LogP contribution >= 0.6 is 22.7 Å². The third kappa shape index (κ3) is 3.24. The van der Waals surface area contributed by atoms with Crippen molar-refractivity contribution in [3.63, 3.8) is 0 Å². The van der Waals surface area contributed by atoms with Crippen LogP contribution in [0.5, 0.6) is 0 Å². The monoisotopic (exact) mass is 295 g/mol. The molecular formula is C11H9N3O3S2. The van der Waals surface area contributed by atoms with Crippen LogP contribution < -0.4 is 5.32 Å². The normalized spacial score (nSPS) is 10.8. The van der Waals surface area contributed by atoms with Gasteiger partial charge in [-0.25, -0.2) is 4.98 Å². The van der Waals surface area contributed by atoms with Crippen LogP contribution in [0.15, 0.2) is 17.6 Å². The molecule has 0 saturated carbocycles. The second-order valence-corrected chi connectivity index (χ2v) is 5.40. The molecule has 0 fully saturated rings. The van der Waals surface area contributed by atoms with Gasteiger partial charge in [0.15, 0.2) is 0 Å². The number of thiazole rings is 1. The SMILES string of the molecule is CNC(=O)c1cnc(C=Cc2csc([N+](=O)[O-])c2)s1. The van der Waals surface area contributed by atoms with E-state index in [1.54, 1.807) is 24.6 Å². The number of hydrogen-bond donors (Lipinski definition) is 1. The highest BCUT2D eigenvalue weighted by Crippen LogP contribution is 2.24. The van der Waals surface area contributed by atoms with E-state index in [0.717, 1.165) is 16.9 Å². The van der Waals surface area contributed by atoms with Crippen LogP contribution in [0.25, 0.3) is 12.2 Å². The van der Waals surface area contributed by atoms with Crippen LogP contribution in [0.1, 0.15) is 20.2 Å². The van der Waals surface area contributed by atoms with E-state index in [2.05, 4.69) is 10.3 Å². The first-order valence-corrected chi connectivity index (χ1v) is 6.88. The molecule has 98 valence electrons. The number of nitrogens with one attached hydrogen (secondary N) is 1. The number of nitrogens with zero attached hydrogens (tertiary/aromatic N) is 2. The maximum absolute atomic E-state index is 11.3. The van der Waals surface area contributed by atoms with Crippen molar-refractivity contribution in [2.45, 2.75) is 0 Å². The topological polar surface area (TPSA) is 85.1 Å². The summed E-state index contributed by atoms with van der Waals surface area (Å²) in [6, 6.07) is 1.49. The van der Waals surface area contributed by atoms with Crippen LogP contribution in [0.3, 0.4) is 0 Å². The predicted molar refractivity (Wildman–Crippen MR) is 75.4 cm³/mol. The van der Waals surface area contributed by atoms with E-state index in [1.807, 2.05) is 0 Å². The Bertz CT molecular complexity index is 645. The fourth-order valence-corrected chi connectivity index (χ4v) is 2.74. The van der Waals surface area contributed by atoms with Gasteiger partial charge in [-0.15, -0.1) is 11.3 Å². The van der Waals surface area contributed by atoms with E-state index in [-0.39, 0.29) is 10.9 Å². The van der Waals surface area contributed by atoms with Gasteiger partial charge in [0.25, 0.3) is 5.91 Å². The van der Waals surface area contributed by atoms with E-state index >= 15 is 0 Å². The van der Waals surface area contributed by atoms with Gasteiger partial charge in [0.2, 0.25) is 0 Å². The van der Waals surface area contributed by atoms with Gasteiger partial charge in [-0.2, -0.15) is 0 Å². The summed E-state index contributed by atoms with van der Waals surface area (Å²) in [6.07, 6.45) is 4.96. The first kappa shape index (κ1) is 13.4. The lowest BCUT2D eigenvalue weighted by Gasteiger charge is -1.90. The molecule has 0 aliphatic rings. The van der Waals surface area contributed by atoms with Crippen molar-refractivity contribution < 1.29 is 9.72 Å². The summed E-state index contributed by atoms with van der Waals surface area (Å²) in [4.78, 5) is 26.1. The summed E-state index contributed by atoms with van der Waals surface area (Å²) < 4.78 is 0. The van der Waals surface area contributed by atoms with Crippen LogP contribution in [0, 0.1) is 10.1 Å². The average molecular weight is 295 g/mol. The minimum atomic E-state index is -0.422. The molecule has 0 bridgehead atoms. The molecule has 0 saturated heterocycles. The van der Waals surface area contributed by atoms with E-state index in [9.17, 15) is 14.9 Å². The second-order valence-electron chi connectivity index (χ2n) is 3.45. The first-order chi connectivity index (χ1) is 9.10. The Kier molecular flexibility index (Phi) is 4.03.